The van der Waals surface area contributed by atoms with Crippen LogP contribution in [0.5, 0.6) is 0 Å². The molecule has 106 valence electrons. The minimum Gasteiger partial charge on any atom is -0.462 e. The van der Waals surface area contributed by atoms with E-state index in [1.807, 2.05) is 0 Å². The van der Waals surface area contributed by atoms with Crippen LogP contribution in [0.3, 0.4) is 0 Å². The molecule has 1 fully saturated rings. The van der Waals surface area contributed by atoms with Gasteiger partial charge < -0.3 is 4.74 Å². The van der Waals surface area contributed by atoms with Crippen LogP contribution >= 0.6 is 0 Å². The minimum atomic E-state index is -0.0318. The highest BCUT2D eigenvalue weighted by atomic mass is 16.5. The van der Waals surface area contributed by atoms with Crippen LogP contribution in [0.25, 0.3) is 0 Å². The van der Waals surface area contributed by atoms with Gasteiger partial charge in [-0.2, -0.15) is 0 Å². The van der Waals surface area contributed by atoms with Gasteiger partial charge in [0.2, 0.25) is 0 Å². The molecule has 1 aliphatic carbocycles. The monoisotopic (exact) mass is 254 g/mol. The van der Waals surface area contributed by atoms with Crippen molar-refractivity contribution < 1.29 is 9.53 Å². The zero-order valence-electron chi connectivity index (χ0n) is 13.2. The van der Waals surface area contributed by atoms with E-state index in [0.717, 1.165) is 12.8 Å². The molecule has 0 heterocycles. The van der Waals surface area contributed by atoms with E-state index in [1.165, 1.54) is 0 Å². The quantitative estimate of drug-likeness (QED) is 0.694. The van der Waals surface area contributed by atoms with Crippen molar-refractivity contribution in [3.63, 3.8) is 0 Å². The second-order valence-electron chi connectivity index (χ2n) is 7.36. The molecule has 1 aliphatic rings. The van der Waals surface area contributed by atoms with Crippen LogP contribution in [0.4, 0.5) is 0 Å². The van der Waals surface area contributed by atoms with Crippen molar-refractivity contribution in [3.8, 4) is 0 Å². The molecule has 0 bridgehead atoms. The van der Waals surface area contributed by atoms with Crippen molar-refractivity contribution in [3.05, 3.63) is 0 Å². The van der Waals surface area contributed by atoms with Crippen molar-refractivity contribution in [2.24, 2.45) is 22.7 Å². The molecule has 2 unspecified atom stereocenters. The van der Waals surface area contributed by atoms with Crippen LogP contribution in [0.15, 0.2) is 0 Å². The normalized spacial score (nSPS) is 29.6. The highest BCUT2D eigenvalue weighted by molar-refractivity contribution is 5.69. The van der Waals surface area contributed by atoms with Crippen LogP contribution in [-0.4, -0.2) is 12.1 Å². The fraction of sp³-hybridized carbons (Fsp3) is 0.938. The molecule has 0 N–H and O–H groups in total. The lowest BCUT2D eigenvalue weighted by Gasteiger charge is -2.40. The lowest BCUT2D eigenvalue weighted by Crippen LogP contribution is -2.39. The average Bonchev–Trinajstić information content (AvgIpc) is 2.36. The van der Waals surface area contributed by atoms with E-state index in [1.54, 1.807) is 0 Å². The first-order valence-electron chi connectivity index (χ1n) is 7.32. The van der Waals surface area contributed by atoms with E-state index in [2.05, 4.69) is 48.5 Å². The predicted octanol–water partition coefficient (Wildman–Crippen LogP) is 4.43. The fourth-order valence-corrected chi connectivity index (χ4v) is 3.20. The highest BCUT2D eigenvalue weighted by Crippen LogP contribution is 2.57. The van der Waals surface area contributed by atoms with E-state index in [9.17, 15) is 4.79 Å². The van der Waals surface area contributed by atoms with Crippen molar-refractivity contribution >= 4 is 5.97 Å². The van der Waals surface area contributed by atoms with Gasteiger partial charge in [0.15, 0.2) is 0 Å². The summed E-state index contributed by atoms with van der Waals surface area (Å²) in [5, 5.41) is 0. The number of hydrogen-bond donors (Lipinski definition) is 0. The maximum Gasteiger partial charge on any atom is 0.306 e. The third-order valence-corrected chi connectivity index (χ3v) is 5.33. The zero-order chi connectivity index (χ0) is 14.1. The van der Waals surface area contributed by atoms with Gasteiger partial charge in [0.1, 0.15) is 6.10 Å². The summed E-state index contributed by atoms with van der Waals surface area (Å²) in [5.74, 6) is 0.983. The van der Waals surface area contributed by atoms with Crippen molar-refractivity contribution in [2.45, 2.75) is 73.8 Å². The van der Waals surface area contributed by atoms with Crippen LogP contribution in [0, 0.1) is 22.7 Å². The number of esters is 1. The summed E-state index contributed by atoms with van der Waals surface area (Å²) in [7, 11) is 0. The minimum absolute atomic E-state index is 0.0318. The molecule has 0 aromatic rings. The van der Waals surface area contributed by atoms with E-state index in [4.69, 9.17) is 4.74 Å². The predicted molar refractivity (Wildman–Crippen MR) is 75.3 cm³/mol. The van der Waals surface area contributed by atoms with Gasteiger partial charge in [0.25, 0.3) is 0 Å². The third-order valence-electron chi connectivity index (χ3n) is 5.33. The number of hydrogen-bond acceptors (Lipinski definition) is 2. The average molecular weight is 254 g/mol. The first-order chi connectivity index (χ1) is 8.12. The van der Waals surface area contributed by atoms with Gasteiger partial charge in [-0.25, -0.2) is 0 Å². The Hall–Kier alpha value is -0.530. The molecule has 2 atom stereocenters. The molecule has 0 saturated heterocycles. The first kappa shape index (κ1) is 15.5. The first-order valence-corrected chi connectivity index (χ1v) is 7.32. The fourth-order valence-electron chi connectivity index (χ4n) is 3.20. The van der Waals surface area contributed by atoms with Crippen LogP contribution in [0.2, 0.25) is 0 Å². The summed E-state index contributed by atoms with van der Waals surface area (Å²) in [4.78, 5) is 11.9. The van der Waals surface area contributed by atoms with E-state index in [0.29, 0.717) is 18.3 Å². The Morgan fingerprint density at radius 1 is 1.22 bits per heavy atom. The molecule has 0 aromatic carbocycles. The van der Waals surface area contributed by atoms with Gasteiger partial charge in [-0.3, -0.25) is 4.79 Å². The van der Waals surface area contributed by atoms with Gasteiger partial charge in [-0.1, -0.05) is 54.9 Å². The third kappa shape index (κ3) is 2.73. The summed E-state index contributed by atoms with van der Waals surface area (Å²) in [5.41, 5.74) is 0.283. The smallest absolute Gasteiger partial charge is 0.306 e. The van der Waals surface area contributed by atoms with Crippen molar-refractivity contribution in [1.29, 1.82) is 0 Å². The van der Waals surface area contributed by atoms with Crippen LogP contribution in [0.1, 0.15) is 67.7 Å². The summed E-state index contributed by atoms with van der Waals surface area (Å²) in [6, 6.07) is 0. The molecular weight excluding hydrogens is 224 g/mol. The zero-order valence-corrected chi connectivity index (χ0v) is 13.2. The second kappa shape index (κ2) is 5.22. The van der Waals surface area contributed by atoms with Crippen molar-refractivity contribution in [1.82, 2.24) is 0 Å². The highest BCUT2D eigenvalue weighted by Gasteiger charge is 2.55. The Bertz CT molecular complexity index is 302. The maximum absolute atomic E-state index is 11.9. The standard InChI is InChI=1S/C16H30O2/c1-8-12-10-13(16(6,7)15(12,4)5)18-14(17)9-11(2)3/h11-13H,8-10H2,1-7H3. The Balaban J connectivity index is 2.76. The molecular formula is C16H30O2. The van der Waals surface area contributed by atoms with Crippen LogP contribution < -0.4 is 0 Å². The molecule has 2 heteroatoms. The summed E-state index contributed by atoms with van der Waals surface area (Å²) in [6.45, 7) is 15.5. The number of ether oxygens (including phenoxy) is 1. The van der Waals surface area contributed by atoms with E-state index < -0.39 is 0 Å². The number of carbonyl (C=O) groups is 1. The number of carbonyl (C=O) groups excluding carboxylic acids is 1. The molecule has 0 radical (unpaired) electrons. The Labute approximate surface area is 112 Å². The lowest BCUT2D eigenvalue weighted by atomic mass is 9.66. The molecule has 0 aromatic heterocycles. The molecule has 18 heavy (non-hydrogen) atoms. The summed E-state index contributed by atoms with van der Waals surface area (Å²) >= 11 is 0. The Kier molecular flexibility index (Phi) is 4.51. The molecule has 0 amide bonds. The molecule has 0 spiro atoms. The largest absolute Gasteiger partial charge is 0.462 e. The second-order valence-corrected chi connectivity index (χ2v) is 7.36. The van der Waals surface area contributed by atoms with Crippen LogP contribution in [-0.2, 0) is 9.53 Å². The van der Waals surface area contributed by atoms with Gasteiger partial charge in [-0.05, 0) is 23.7 Å². The topological polar surface area (TPSA) is 26.3 Å². The summed E-state index contributed by atoms with van der Waals surface area (Å²) < 4.78 is 5.77. The molecule has 0 aliphatic heterocycles. The van der Waals surface area contributed by atoms with E-state index >= 15 is 0 Å². The lowest BCUT2D eigenvalue weighted by molar-refractivity contribution is -0.156. The molecule has 2 nitrogen and oxygen atoms in total. The summed E-state index contributed by atoms with van der Waals surface area (Å²) in [6.07, 6.45) is 2.78. The van der Waals surface area contributed by atoms with Crippen molar-refractivity contribution in [2.75, 3.05) is 0 Å². The number of rotatable bonds is 4. The van der Waals surface area contributed by atoms with Gasteiger partial charge in [-0.15, -0.1) is 0 Å². The van der Waals surface area contributed by atoms with Gasteiger partial charge >= 0.3 is 5.97 Å². The molecule has 1 saturated carbocycles. The van der Waals surface area contributed by atoms with E-state index in [-0.39, 0.29) is 22.9 Å². The van der Waals surface area contributed by atoms with Gasteiger partial charge in [0, 0.05) is 11.8 Å². The maximum atomic E-state index is 11.9. The molecule has 1 rings (SSSR count). The Morgan fingerprint density at radius 2 is 1.78 bits per heavy atom. The van der Waals surface area contributed by atoms with Gasteiger partial charge in [0.05, 0.1) is 0 Å². The Morgan fingerprint density at radius 3 is 2.17 bits per heavy atom. The SMILES string of the molecule is CCC1CC(OC(=O)CC(C)C)C(C)(C)C1(C)C.